The summed E-state index contributed by atoms with van der Waals surface area (Å²) in [6.07, 6.45) is 3.87. The van der Waals surface area contributed by atoms with Gasteiger partial charge in [0.05, 0.1) is 10.7 Å². The summed E-state index contributed by atoms with van der Waals surface area (Å²) >= 11 is 6.49. The number of carbonyl (C=O) groups is 2. The van der Waals surface area contributed by atoms with Gasteiger partial charge in [-0.1, -0.05) is 41.9 Å². The van der Waals surface area contributed by atoms with Crippen molar-refractivity contribution in [3.05, 3.63) is 70.9 Å². The van der Waals surface area contributed by atoms with Crippen LogP contribution in [-0.4, -0.2) is 70.9 Å². The van der Waals surface area contributed by atoms with Gasteiger partial charge in [-0.3, -0.25) is 4.79 Å². The number of nitrogens with one attached hydrogen (secondary N) is 1. The Morgan fingerprint density at radius 2 is 1.69 bits per heavy atom. The molecule has 10 heteroatoms. The van der Waals surface area contributed by atoms with Gasteiger partial charge in [0.15, 0.2) is 0 Å². The number of pyridine rings is 1. The van der Waals surface area contributed by atoms with Crippen molar-refractivity contribution in [2.45, 2.75) is 50.7 Å². The van der Waals surface area contributed by atoms with E-state index in [2.05, 4.69) is 5.32 Å². The molecule has 3 aromatic rings. The Hall–Kier alpha value is -3.17. The maximum atomic E-state index is 13.9. The highest BCUT2D eigenvalue weighted by atomic mass is 35.5. The van der Waals surface area contributed by atoms with Gasteiger partial charge in [-0.15, -0.1) is 12.4 Å². The number of halogens is 2. The third-order valence-electron chi connectivity index (χ3n) is 9.88. The van der Waals surface area contributed by atoms with Crippen molar-refractivity contribution in [2.75, 3.05) is 27.2 Å². The summed E-state index contributed by atoms with van der Waals surface area (Å²) in [7, 11) is 3.75. The second kappa shape index (κ2) is 13.3. The van der Waals surface area contributed by atoms with Gasteiger partial charge in [0.1, 0.15) is 29.7 Å². The first-order chi connectivity index (χ1) is 21.0. The number of aliphatic carboxylic acids is 1. The molecule has 45 heavy (non-hydrogen) atoms. The fourth-order valence-electron chi connectivity index (χ4n) is 8.11. The van der Waals surface area contributed by atoms with Gasteiger partial charge in [0, 0.05) is 17.7 Å². The number of amides is 1. The first-order valence-electron chi connectivity index (χ1n) is 15.4. The number of hydrogen-bond acceptors (Lipinski definition) is 6. The van der Waals surface area contributed by atoms with Crippen molar-refractivity contribution in [3.63, 3.8) is 0 Å². The molecule has 1 amide bonds. The molecule has 0 radical (unpaired) electrons. The summed E-state index contributed by atoms with van der Waals surface area (Å²) in [5.74, 6) is -0.0278. The van der Waals surface area contributed by atoms with Crippen LogP contribution >= 0.6 is 24.0 Å². The van der Waals surface area contributed by atoms with Crippen LogP contribution in [0.4, 0.5) is 0 Å². The predicted octanol–water partition coefficient (Wildman–Crippen LogP) is 6.11. The number of aliphatic hydroxyl groups excluding tert-OH is 1. The average molecular weight is 655 g/mol. The molecule has 7 rings (SSSR count). The third kappa shape index (κ3) is 6.43. The Morgan fingerprint density at radius 3 is 2.31 bits per heavy atom. The number of carboxylic acid groups (broad SMARTS) is 1. The molecule has 1 aromatic heterocycles. The maximum Gasteiger partial charge on any atom is 0.330 e. The van der Waals surface area contributed by atoms with Crippen LogP contribution in [0.2, 0.25) is 5.02 Å². The maximum absolute atomic E-state index is 13.9. The molecule has 0 saturated heterocycles. The van der Waals surface area contributed by atoms with E-state index in [1.165, 1.54) is 6.42 Å². The number of nitrogens with zero attached hydrogens (tertiary/aromatic N) is 2. The standard InChI is InChI=1S/C35H40ClN3O5.ClH/c1-20-6-4-5-7-27(20)28-9-11-30(33(41)38-35(34(42)43)24-13-21-12-22(15-24)16-25(35)14-21)37-32(28)23-8-10-29(36)31(17-23)44-19-26(40)18-39(2)3;/h4-11,17,21-22,24-26,40H,12-16,18-19H2,1-3H3,(H,38,41)(H,42,43);1H/t21?,22?,24?,25?,26-,35?;/m1./s1. The van der Waals surface area contributed by atoms with E-state index in [1.54, 1.807) is 18.2 Å². The van der Waals surface area contributed by atoms with Crippen LogP contribution in [0, 0.1) is 30.6 Å². The van der Waals surface area contributed by atoms with Gasteiger partial charge in [0.25, 0.3) is 5.91 Å². The number of benzene rings is 2. The number of aliphatic hydroxyl groups is 1. The van der Waals surface area contributed by atoms with E-state index in [9.17, 15) is 19.8 Å². The Kier molecular flexibility index (Phi) is 9.80. The highest BCUT2D eigenvalue weighted by Crippen LogP contribution is 2.58. The highest BCUT2D eigenvalue weighted by molar-refractivity contribution is 6.32. The zero-order valence-electron chi connectivity index (χ0n) is 25.8. The molecule has 1 heterocycles. The molecule has 4 aliphatic rings. The molecule has 240 valence electrons. The van der Waals surface area contributed by atoms with Gasteiger partial charge in [-0.25, -0.2) is 9.78 Å². The molecule has 8 nitrogen and oxygen atoms in total. The first kappa shape index (κ1) is 33.2. The predicted molar refractivity (Wildman–Crippen MR) is 177 cm³/mol. The van der Waals surface area contributed by atoms with Crippen molar-refractivity contribution >= 4 is 35.9 Å². The minimum atomic E-state index is -1.27. The quantitative estimate of drug-likeness (QED) is 0.242. The van der Waals surface area contributed by atoms with Crippen LogP contribution in [0.5, 0.6) is 5.75 Å². The second-order valence-electron chi connectivity index (χ2n) is 13.2. The summed E-state index contributed by atoms with van der Waals surface area (Å²) in [6, 6.07) is 16.8. The van der Waals surface area contributed by atoms with Crippen LogP contribution < -0.4 is 10.1 Å². The zero-order chi connectivity index (χ0) is 31.2. The normalized spacial score (nSPS) is 25.5. The molecule has 4 saturated carbocycles. The lowest BCUT2D eigenvalue weighted by Gasteiger charge is -2.59. The number of ether oxygens (including phenoxy) is 1. The van der Waals surface area contributed by atoms with E-state index in [1.807, 2.05) is 62.3 Å². The van der Waals surface area contributed by atoms with Crippen molar-refractivity contribution in [3.8, 4) is 28.1 Å². The number of rotatable bonds is 10. The van der Waals surface area contributed by atoms with Crippen molar-refractivity contribution in [1.82, 2.24) is 15.2 Å². The van der Waals surface area contributed by atoms with Crippen molar-refractivity contribution < 1.29 is 24.5 Å². The smallest absolute Gasteiger partial charge is 0.330 e. The lowest BCUT2D eigenvalue weighted by atomic mass is 9.48. The molecule has 0 spiro atoms. The van der Waals surface area contributed by atoms with E-state index in [-0.39, 0.29) is 36.5 Å². The Bertz CT molecular complexity index is 1550. The number of carbonyl (C=O) groups excluding carboxylic acids is 1. The number of carboxylic acids is 1. The summed E-state index contributed by atoms with van der Waals surface area (Å²) in [5.41, 5.74) is 2.95. The Morgan fingerprint density at radius 1 is 1.02 bits per heavy atom. The van der Waals surface area contributed by atoms with Gasteiger partial charge in [-0.05, 0) is 112 Å². The SMILES string of the molecule is Cc1ccccc1-c1ccc(C(=O)NC2(C(=O)O)C3CC4CC(C3)CC2C4)nc1-c1ccc(Cl)c(OC[C@H](O)CN(C)C)c1.Cl. The molecule has 0 unspecified atom stereocenters. The van der Waals surface area contributed by atoms with E-state index in [4.69, 9.17) is 21.3 Å². The molecule has 2 aromatic carbocycles. The summed E-state index contributed by atoms with van der Waals surface area (Å²) in [6.45, 7) is 2.52. The summed E-state index contributed by atoms with van der Waals surface area (Å²) < 4.78 is 5.92. The molecular formula is C35H41Cl2N3O5. The second-order valence-corrected chi connectivity index (χ2v) is 13.6. The number of hydrogen-bond donors (Lipinski definition) is 3. The number of likely N-dealkylation sites (N-methyl/N-ethyl adjacent to an activating group) is 1. The fraction of sp³-hybridized carbons (Fsp3) is 0.457. The van der Waals surface area contributed by atoms with Crippen LogP contribution in [0.1, 0.15) is 48.2 Å². The van der Waals surface area contributed by atoms with Crippen LogP contribution in [0.15, 0.2) is 54.6 Å². The first-order valence-corrected chi connectivity index (χ1v) is 15.8. The minimum Gasteiger partial charge on any atom is -0.489 e. The van der Waals surface area contributed by atoms with Gasteiger partial charge >= 0.3 is 5.97 Å². The van der Waals surface area contributed by atoms with Gasteiger partial charge < -0.3 is 25.2 Å². The summed E-state index contributed by atoms with van der Waals surface area (Å²) in [5, 5.41) is 24.3. The minimum absolute atomic E-state index is 0. The van der Waals surface area contributed by atoms with E-state index >= 15 is 0 Å². The fourth-order valence-corrected chi connectivity index (χ4v) is 8.28. The van der Waals surface area contributed by atoms with Crippen LogP contribution in [0.3, 0.4) is 0 Å². The lowest BCUT2D eigenvalue weighted by molar-refractivity contribution is -0.163. The number of aromatic nitrogens is 1. The van der Waals surface area contributed by atoms with Crippen molar-refractivity contribution in [1.29, 1.82) is 0 Å². The monoisotopic (exact) mass is 653 g/mol. The van der Waals surface area contributed by atoms with E-state index in [0.29, 0.717) is 40.4 Å². The molecule has 1 atom stereocenters. The van der Waals surface area contributed by atoms with Gasteiger partial charge in [-0.2, -0.15) is 0 Å². The molecule has 0 aliphatic heterocycles. The Balaban J connectivity index is 0.00000400. The summed E-state index contributed by atoms with van der Waals surface area (Å²) in [4.78, 5) is 33.6. The third-order valence-corrected chi connectivity index (χ3v) is 10.2. The molecule has 4 fully saturated rings. The molecule has 4 aliphatic carbocycles. The average Bonchev–Trinajstić information content (AvgIpc) is 2.98. The van der Waals surface area contributed by atoms with Crippen molar-refractivity contribution in [2.24, 2.45) is 23.7 Å². The van der Waals surface area contributed by atoms with E-state index < -0.39 is 23.5 Å². The van der Waals surface area contributed by atoms with Gasteiger partial charge in [0.2, 0.25) is 0 Å². The molecule has 3 N–H and O–H groups in total. The van der Waals surface area contributed by atoms with Crippen LogP contribution in [0.25, 0.3) is 22.4 Å². The lowest BCUT2D eigenvalue weighted by Crippen LogP contribution is -2.70. The van der Waals surface area contributed by atoms with E-state index in [0.717, 1.165) is 42.4 Å². The Labute approximate surface area is 275 Å². The number of aryl methyl sites for hydroxylation is 1. The van der Waals surface area contributed by atoms with Crippen LogP contribution in [-0.2, 0) is 4.79 Å². The molecular weight excluding hydrogens is 613 g/mol. The molecule has 4 bridgehead atoms. The topological polar surface area (TPSA) is 112 Å². The zero-order valence-corrected chi connectivity index (χ0v) is 27.4. The largest absolute Gasteiger partial charge is 0.489 e. The highest BCUT2D eigenvalue weighted by Gasteiger charge is 2.62.